The van der Waals surface area contributed by atoms with Crippen molar-refractivity contribution in [2.75, 3.05) is 17.6 Å². The number of rotatable bonds is 4. The lowest BCUT2D eigenvalue weighted by Crippen LogP contribution is -2.39. The lowest BCUT2D eigenvalue weighted by molar-refractivity contribution is 0.206. The van der Waals surface area contributed by atoms with Crippen molar-refractivity contribution in [1.82, 2.24) is 9.88 Å². The van der Waals surface area contributed by atoms with Crippen LogP contribution in [-0.4, -0.2) is 28.7 Å². The third-order valence-electron chi connectivity index (χ3n) is 4.87. The van der Waals surface area contributed by atoms with Gasteiger partial charge in [0.1, 0.15) is 11.6 Å². The summed E-state index contributed by atoms with van der Waals surface area (Å²) in [5.41, 5.74) is 9.01. The minimum absolute atomic E-state index is 0.215. The first-order valence-corrected chi connectivity index (χ1v) is 9.30. The van der Waals surface area contributed by atoms with Gasteiger partial charge in [-0.3, -0.25) is 0 Å². The lowest BCUT2D eigenvalue weighted by atomic mass is 9.97. The second-order valence-corrected chi connectivity index (χ2v) is 6.72. The van der Waals surface area contributed by atoms with Gasteiger partial charge >= 0.3 is 6.03 Å². The van der Waals surface area contributed by atoms with Crippen LogP contribution in [-0.2, 0) is 13.0 Å². The maximum absolute atomic E-state index is 12.9. The SMILES string of the molecule is N=Cc1c(N)ncc2c1CCN(C(=O)Nc1ccccc1Oc1ccccc1)C2. The quantitative estimate of drug-likeness (QED) is 0.588. The summed E-state index contributed by atoms with van der Waals surface area (Å²) >= 11 is 0. The van der Waals surface area contributed by atoms with Gasteiger partial charge in [0.15, 0.2) is 5.75 Å². The fraction of sp³-hybridized carbons (Fsp3) is 0.136. The fourth-order valence-electron chi connectivity index (χ4n) is 3.39. The molecule has 0 fully saturated rings. The number of para-hydroxylation sites is 3. The van der Waals surface area contributed by atoms with Crippen LogP contribution < -0.4 is 15.8 Å². The van der Waals surface area contributed by atoms with Crippen LogP contribution in [0, 0.1) is 5.41 Å². The average Bonchev–Trinajstić information content (AvgIpc) is 2.75. The number of hydrogen-bond acceptors (Lipinski definition) is 5. The van der Waals surface area contributed by atoms with E-state index in [1.54, 1.807) is 11.1 Å². The van der Waals surface area contributed by atoms with Gasteiger partial charge < -0.3 is 26.1 Å². The Hall–Kier alpha value is -3.87. The monoisotopic (exact) mass is 387 g/mol. The standard InChI is InChI=1S/C22H21N5O2/c23-12-18-17-10-11-27(14-15(17)13-25-21(18)24)22(28)26-19-8-4-5-9-20(19)29-16-6-2-1-3-7-16/h1-9,12-13,23H,10-11,14H2,(H2,24,25)(H,26,28). The molecule has 2 amide bonds. The Bertz CT molecular complexity index is 1050. The van der Waals surface area contributed by atoms with E-state index in [-0.39, 0.29) is 6.03 Å². The summed E-state index contributed by atoms with van der Waals surface area (Å²) in [6, 6.07) is 16.5. The van der Waals surface area contributed by atoms with Crippen LogP contribution in [0.2, 0.25) is 0 Å². The first kappa shape index (κ1) is 18.5. The van der Waals surface area contributed by atoms with Crippen LogP contribution >= 0.6 is 0 Å². The predicted octanol–water partition coefficient (Wildman–Crippen LogP) is 4.04. The van der Waals surface area contributed by atoms with Crippen molar-refractivity contribution in [3.8, 4) is 11.5 Å². The van der Waals surface area contributed by atoms with Crippen molar-refractivity contribution in [1.29, 1.82) is 5.41 Å². The molecule has 2 aromatic carbocycles. The first-order valence-electron chi connectivity index (χ1n) is 9.30. The number of nitrogens with two attached hydrogens (primary N) is 1. The highest BCUT2D eigenvalue weighted by atomic mass is 16.5. The number of benzene rings is 2. The molecule has 0 bridgehead atoms. The van der Waals surface area contributed by atoms with E-state index >= 15 is 0 Å². The van der Waals surface area contributed by atoms with E-state index in [0.717, 1.165) is 11.1 Å². The van der Waals surface area contributed by atoms with Gasteiger partial charge in [-0.1, -0.05) is 30.3 Å². The molecule has 0 saturated carbocycles. The number of pyridine rings is 1. The van der Waals surface area contributed by atoms with Crippen molar-refractivity contribution in [2.45, 2.75) is 13.0 Å². The molecular formula is C22H21N5O2. The first-order chi connectivity index (χ1) is 14.2. The molecule has 1 aliphatic rings. The van der Waals surface area contributed by atoms with Crippen LogP contribution in [0.25, 0.3) is 0 Å². The van der Waals surface area contributed by atoms with Crippen molar-refractivity contribution >= 4 is 23.8 Å². The number of amides is 2. The number of aromatic nitrogens is 1. The minimum Gasteiger partial charge on any atom is -0.455 e. The molecule has 0 unspecified atom stereocenters. The summed E-state index contributed by atoms with van der Waals surface area (Å²) in [7, 11) is 0. The maximum atomic E-state index is 12.9. The Morgan fingerprint density at radius 3 is 2.72 bits per heavy atom. The van der Waals surface area contributed by atoms with E-state index < -0.39 is 0 Å². The molecule has 7 nitrogen and oxygen atoms in total. The molecule has 0 spiro atoms. The minimum atomic E-state index is -0.215. The topological polar surface area (TPSA) is 104 Å². The van der Waals surface area contributed by atoms with Crippen LogP contribution in [0.5, 0.6) is 11.5 Å². The van der Waals surface area contributed by atoms with E-state index in [1.807, 2.05) is 54.6 Å². The Kier molecular flexibility index (Phi) is 5.11. The van der Waals surface area contributed by atoms with E-state index in [9.17, 15) is 4.79 Å². The summed E-state index contributed by atoms with van der Waals surface area (Å²) < 4.78 is 5.92. The van der Waals surface area contributed by atoms with Gasteiger partial charge in [-0.15, -0.1) is 0 Å². The number of carbonyl (C=O) groups excluding carboxylic acids is 1. The van der Waals surface area contributed by atoms with Gasteiger partial charge in [-0.05, 0) is 41.8 Å². The fourth-order valence-corrected chi connectivity index (χ4v) is 3.39. The number of nitrogen functional groups attached to an aromatic ring is 1. The van der Waals surface area contributed by atoms with Gasteiger partial charge in [-0.25, -0.2) is 9.78 Å². The van der Waals surface area contributed by atoms with Gasteiger partial charge in [-0.2, -0.15) is 0 Å². The number of fused-ring (bicyclic) bond motifs is 1. The molecule has 4 rings (SSSR count). The Morgan fingerprint density at radius 1 is 1.17 bits per heavy atom. The number of ether oxygens (including phenoxy) is 1. The molecule has 3 aromatic rings. The zero-order chi connectivity index (χ0) is 20.2. The number of nitrogens with zero attached hydrogens (tertiary/aromatic N) is 2. The summed E-state index contributed by atoms with van der Waals surface area (Å²) in [6.07, 6.45) is 3.54. The maximum Gasteiger partial charge on any atom is 0.322 e. The van der Waals surface area contributed by atoms with Gasteiger partial charge in [0.05, 0.1) is 5.69 Å². The van der Waals surface area contributed by atoms with Crippen LogP contribution in [0.4, 0.5) is 16.3 Å². The van der Waals surface area contributed by atoms with E-state index in [4.69, 9.17) is 15.9 Å². The highest BCUT2D eigenvalue weighted by molar-refractivity contribution is 5.91. The molecule has 1 aliphatic heterocycles. The van der Waals surface area contributed by atoms with Gasteiger partial charge in [0.25, 0.3) is 0 Å². The van der Waals surface area contributed by atoms with Crippen molar-refractivity contribution in [3.63, 3.8) is 0 Å². The van der Waals surface area contributed by atoms with Crippen molar-refractivity contribution < 1.29 is 9.53 Å². The lowest BCUT2D eigenvalue weighted by Gasteiger charge is -2.30. The second kappa shape index (κ2) is 8.02. The third kappa shape index (κ3) is 3.89. The number of urea groups is 1. The molecule has 1 aromatic heterocycles. The van der Waals surface area contributed by atoms with Crippen LogP contribution in [0.3, 0.4) is 0 Å². The largest absolute Gasteiger partial charge is 0.455 e. The molecule has 0 saturated heterocycles. The summed E-state index contributed by atoms with van der Waals surface area (Å²) in [6.45, 7) is 0.946. The molecule has 0 atom stereocenters. The molecular weight excluding hydrogens is 366 g/mol. The molecule has 7 heteroatoms. The van der Waals surface area contributed by atoms with E-state index in [0.29, 0.717) is 48.1 Å². The third-order valence-corrected chi connectivity index (χ3v) is 4.87. The Labute approximate surface area is 168 Å². The van der Waals surface area contributed by atoms with Crippen LogP contribution in [0.15, 0.2) is 60.8 Å². The van der Waals surface area contributed by atoms with Gasteiger partial charge in [0, 0.05) is 31.1 Å². The Balaban J connectivity index is 1.50. The number of hydrogen-bond donors (Lipinski definition) is 3. The highest BCUT2D eigenvalue weighted by Gasteiger charge is 2.24. The predicted molar refractivity (Wildman–Crippen MR) is 113 cm³/mol. The zero-order valence-corrected chi connectivity index (χ0v) is 15.8. The Morgan fingerprint density at radius 2 is 1.93 bits per heavy atom. The highest BCUT2D eigenvalue weighted by Crippen LogP contribution is 2.30. The average molecular weight is 387 g/mol. The summed E-state index contributed by atoms with van der Waals surface area (Å²) in [5, 5.41) is 10.5. The molecule has 0 radical (unpaired) electrons. The number of carbonyl (C=O) groups is 1. The normalized spacial score (nSPS) is 12.8. The number of nitrogens with one attached hydrogen (secondary N) is 2. The summed E-state index contributed by atoms with van der Waals surface area (Å²) in [5.74, 6) is 1.62. The number of anilines is 2. The van der Waals surface area contributed by atoms with Crippen LogP contribution in [0.1, 0.15) is 16.7 Å². The second-order valence-electron chi connectivity index (χ2n) is 6.72. The van der Waals surface area contributed by atoms with E-state index in [1.165, 1.54) is 6.21 Å². The summed E-state index contributed by atoms with van der Waals surface area (Å²) in [4.78, 5) is 18.7. The van der Waals surface area contributed by atoms with E-state index in [2.05, 4.69) is 10.3 Å². The molecule has 2 heterocycles. The van der Waals surface area contributed by atoms with Gasteiger partial charge in [0.2, 0.25) is 0 Å². The molecule has 0 aliphatic carbocycles. The zero-order valence-electron chi connectivity index (χ0n) is 15.8. The van der Waals surface area contributed by atoms with Crippen molar-refractivity contribution in [2.24, 2.45) is 0 Å². The molecule has 4 N–H and O–H groups in total. The molecule has 146 valence electrons. The molecule has 29 heavy (non-hydrogen) atoms. The van der Waals surface area contributed by atoms with Crippen molar-refractivity contribution in [3.05, 3.63) is 77.5 Å². The smallest absolute Gasteiger partial charge is 0.322 e.